The first-order valence-corrected chi connectivity index (χ1v) is 9.09. The van der Waals surface area contributed by atoms with Crippen molar-refractivity contribution < 1.29 is 36.3 Å². The number of hydrazine groups is 2. The van der Waals surface area contributed by atoms with Gasteiger partial charge in [-0.15, -0.1) is 10.6 Å². The molecule has 2 amide bonds. The molecule has 1 aliphatic rings. The summed E-state index contributed by atoms with van der Waals surface area (Å²) in [5.74, 6) is -2.91. The van der Waals surface area contributed by atoms with Crippen LogP contribution in [0.2, 0.25) is 5.02 Å². The topological polar surface area (TPSA) is 125 Å². The van der Waals surface area contributed by atoms with Gasteiger partial charge in [-0.3, -0.25) is 24.6 Å². The summed E-state index contributed by atoms with van der Waals surface area (Å²) in [6.07, 6.45) is -4.19. The van der Waals surface area contributed by atoms with Crippen molar-refractivity contribution in [3.63, 3.8) is 0 Å². The fraction of sp³-hybridized carbons (Fsp3) is 0.250. The zero-order valence-corrected chi connectivity index (χ0v) is 17.3. The minimum atomic E-state index is -4.97. The highest BCUT2D eigenvalue weighted by molar-refractivity contribution is 6.37. The van der Waals surface area contributed by atoms with Crippen molar-refractivity contribution in [2.75, 3.05) is 12.4 Å². The third kappa shape index (κ3) is 5.23. The number of aromatic nitrogens is 2. The van der Waals surface area contributed by atoms with E-state index in [1.54, 1.807) is 0 Å². The average molecular weight is 497 g/mol. The van der Waals surface area contributed by atoms with Crippen molar-refractivity contribution in [1.82, 2.24) is 31.2 Å². The second-order valence-corrected chi connectivity index (χ2v) is 6.75. The lowest BCUT2D eigenvalue weighted by Crippen LogP contribution is -2.45. The summed E-state index contributed by atoms with van der Waals surface area (Å²) in [6, 6.07) is 1.92. The number of carbonyl (C=O) groups is 2. The fourth-order valence-corrected chi connectivity index (χ4v) is 2.94. The van der Waals surface area contributed by atoms with E-state index in [-0.39, 0.29) is 11.5 Å². The van der Waals surface area contributed by atoms with Crippen LogP contribution < -0.4 is 26.4 Å². The molecule has 0 unspecified atom stereocenters. The van der Waals surface area contributed by atoms with Gasteiger partial charge in [-0.1, -0.05) is 11.6 Å². The van der Waals surface area contributed by atoms with Crippen LogP contribution >= 0.6 is 11.6 Å². The van der Waals surface area contributed by atoms with Crippen LogP contribution in [0.25, 0.3) is 0 Å². The van der Waals surface area contributed by atoms with Crippen LogP contribution in [-0.2, 0) is 13.2 Å². The normalized spacial score (nSPS) is 13.6. The second kappa shape index (κ2) is 9.07. The van der Waals surface area contributed by atoms with Crippen LogP contribution in [0.3, 0.4) is 0 Å². The molecule has 0 fully saturated rings. The van der Waals surface area contributed by atoms with E-state index < -0.39 is 52.3 Å². The molecule has 1 aromatic carbocycles. The largest absolute Gasteiger partial charge is 0.435 e. The fourth-order valence-electron chi connectivity index (χ4n) is 2.65. The first kappa shape index (κ1) is 24.0. The number of nitrogens with one attached hydrogen (secondary N) is 4. The molecule has 2 aromatic rings. The predicted octanol–water partition coefficient (Wildman–Crippen LogP) is 1.90. The smallest absolute Gasteiger partial charge is 0.433 e. The van der Waals surface area contributed by atoms with Crippen LogP contribution in [0, 0.1) is 0 Å². The Balaban J connectivity index is 1.98. The number of amides is 2. The molecule has 1 aromatic heterocycles. The molecule has 0 aliphatic carbocycles. The van der Waals surface area contributed by atoms with Crippen LogP contribution in [0.4, 0.5) is 27.6 Å². The molecular weight excluding hydrogens is 483 g/mol. The van der Waals surface area contributed by atoms with Gasteiger partial charge in [-0.25, -0.2) is 5.53 Å². The Kier molecular flexibility index (Phi) is 6.59. The highest BCUT2D eigenvalue weighted by Crippen LogP contribution is 2.38. The molecule has 11 nitrogen and oxygen atoms in total. The monoisotopic (exact) mass is 496 g/mol. The number of nitrogens with zero attached hydrogens (tertiary/aromatic N) is 4. The molecule has 0 bridgehead atoms. The lowest BCUT2D eigenvalue weighted by atomic mass is 10.1. The summed E-state index contributed by atoms with van der Waals surface area (Å²) < 4.78 is 70.3. The molecule has 0 atom stereocenters. The predicted molar refractivity (Wildman–Crippen MR) is 103 cm³/mol. The molecule has 2 heterocycles. The van der Waals surface area contributed by atoms with Gasteiger partial charge in [0.15, 0.2) is 11.4 Å². The Morgan fingerprint density at radius 1 is 1.15 bits per heavy atom. The number of alkyl halides is 5. The maximum absolute atomic E-state index is 13.2. The van der Waals surface area contributed by atoms with Crippen molar-refractivity contribution in [3.8, 4) is 5.75 Å². The molecule has 3 rings (SSSR count). The summed E-state index contributed by atoms with van der Waals surface area (Å²) >= 11 is 6.15. The first-order chi connectivity index (χ1) is 15.4. The number of anilines is 1. The highest BCUT2D eigenvalue weighted by atomic mass is 35.5. The standard InChI is InChI=1S/C16H14ClF5N8O3/c1-29-5-7(11(26-29)16(20,21)22)13(32)23-10-8(33-14(18)19)4-3-6(9(10)17)12(31)24-15-25-27-28-30(15)2/h3-5,14,27-28H,1-2H3,(H,23,32)(H,24,25,31). The Hall–Kier alpha value is -3.66. The minimum absolute atomic E-state index is 0.0136. The summed E-state index contributed by atoms with van der Waals surface area (Å²) in [6.45, 7) is -3.36. The van der Waals surface area contributed by atoms with Crippen molar-refractivity contribution in [2.45, 2.75) is 12.8 Å². The van der Waals surface area contributed by atoms with E-state index in [1.165, 1.54) is 12.1 Å². The number of carbonyl (C=O) groups excluding carboxylic acids is 2. The molecule has 1 aliphatic heterocycles. The van der Waals surface area contributed by atoms with Crippen LogP contribution in [0.15, 0.2) is 23.4 Å². The maximum atomic E-state index is 13.2. The van der Waals surface area contributed by atoms with Gasteiger partial charge < -0.3 is 10.1 Å². The van der Waals surface area contributed by atoms with Gasteiger partial charge in [0.05, 0.1) is 16.1 Å². The highest BCUT2D eigenvalue weighted by Gasteiger charge is 2.39. The Labute approximate surface area is 186 Å². The van der Waals surface area contributed by atoms with E-state index in [9.17, 15) is 31.5 Å². The number of hydrogen-bond acceptors (Lipinski definition) is 8. The molecule has 0 spiro atoms. The van der Waals surface area contributed by atoms with Gasteiger partial charge in [0.1, 0.15) is 5.69 Å². The van der Waals surface area contributed by atoms with Crippen LogP contribution in [0.1, 0.15) is 26.4 Å². The Morgan fingerprint density at radius 2 is 1.82 bits per heavy atom. The van der Waals surface area contributed by atoms with Crippen LogP contribution in [-0.4, -0.2) is 46.2 Å². The molecule has 17 heteroatoms. The minimum Gasteiger partial charge on any atom is -0.433 e. The van der Waals surface area contributed by atoms with Crippen molar-refractivity contribution >= 4 is 35.1 Å². The number of ether oxygens (including phenoxy) is 1. The first-order valence-electron chi connectivity index (χ1n) is 8.71. The van der Waals surface area contributed by atoms with E-state index >= 15 is 0 Å². The van der Waals surface area contributed by atoms with Gasteiger partial charge in [-0.05, 0) is 12.1 Å². The van der Waals surface area contributed by atoms with Gasteiger partial charge in [0.2, 0.25) is 5.96 Å². The lowest BCUT2D eigenvalue weighted by Gasteiger charge is -2.17. The molecule has 0 saturated carbocycles. The van der Waals surface area contributed by atoms with E-state index in [2.05, 4.69) is 31.3 Å². The summed E-state index contributed by atoms with van der Waals surface area (Å²) in [5, 5.41) is 12.0. The third-order valence-corrected chi connectivity index (χ3v) is 4.46. The summed E-state index contributed by atoms with van der Waals surface area (Å²) in [5.41, 5.74) is 1.49. The number of halogens is 6. The average Bonchev–Trinajstić information content (AvgIpc) is 3.29. The number of guanidine groups is 1. The third-order valence-electron chi connectivity index (χ3n) is 4.07. The van der Waals surface area contributed by atoms with Gasteiger partial charge >= 0.3 is 12.8 Å². The van der Waals surface area contributed by atoms with Crippen molar-refractivity contribution in [1.29, 1.82) is 0 Å². The Morgan fingerprint density at radius 3 is 2.39 bits per heavy atom. The van der Waals surface area contributed by atoms with Crippen molar-refractivity contribution in [3.05, 3.63) is 40.2 Å². The molecule has 0 saturated heterocycles. The second-order valence-electron chi connectivity index (χ2n) is 6.37. The lowest BCUT2D eigenvalue weighted by molar-refractivity contribution is -0.141. The number of rotatable bonds is 5. The summed E-state index contributed by atoms with van der Waals surface area (Å²) in [7, 11) is 2.65. The number of benzene rings is 1. The molecule has 33 heavy (non-hydrogen) atoms. The molecular formula is C16H14ClF5N8O3. The quantitative estimate of drug-likeness (QED) is 0.466. The molecule has 178 valence electrons. The number of hydrazone groups is 1. The molecule has 4 N–H and O–H groups in total. The van der Waals surface area contributed by atoms with E-state index in [0.717, 1.165) is 30.1 Å². The van der Waals surface area contributed by atoms with E-state index in [4.69, 9.17) is 11.6 Å². The Bertz CT molecular complexity index is 1120. The maximum Gasteiger partial charge on any atom is 0.435 e. The number of aryl methyl sites for hydroxylation is 1. The van der Waals surface area contributed by atoms with Crippen molar-refractivity contribution in [2.24, 2.45) is 12.1 Å². The zero-order valence-electron chi connectivity index (χ0n) is 16.6. The SMILES string of the molecule is CN1NNN=C1NC(=O)c1ccc(OC(F)F)c(NC(=O)c2cn(C)nc2C(F)(F)F)c1Cl. The van der Waals surface area contributed by atoms with Gasteiger partial charge in [0, 0.05) is 20.3 Å². The summed E-state index contributed by atoms with van der Waals surface area (Å²) in [4.78, 5) is 25.2. The number of hydrogen-bond donors (Lipinski definition) is 4. The van der Waals surface area contributed by atoms with Gasteiger partial charge in [-0.2, -0.15) is 27.1 Å². The molecule has 0 radical (unpaired) electrons. The zero-order chi connectivity index (χ0) is 24.5. The van der Waals surface area contributed by atoms with Gasteiger partial charge in [0.25, 0.3) is 11.8 Å². The van der Waals surface area contributed by atoms with E-state index in [0.29, 0.717) is 0 Å². The van der Waals surface area contributed by atoms with E-state index in [1.807, 2.05) is 5.32 Å². The van der Waals surface area contributed by atoms with Crippen LogP contribution in [0.5, 0.6) is 5.75 Å².